The molecule has 3 aromatic rings. The molecular weight excluding hydrogens is 396 g/mol. The molecule has 1 amide bonds. The van der Waals surface area contributed by atoms with E-state index in [1.807, 2.05) is 43.3 Å². The zero-order valence-corrected chi connectivity index (χ0v) is 17.4. The zero-order valence-electron chi connectivity index (χ0n) is 15.9. The van der Waals surface area contributed by atoms with Crippen molar-refractivity contribution in [2.24, 2.45) is 0 Å². The number of nitrogens with zero attached hydrogens (tertiary/aromatic N) is 2. The highest BCUT2D eigenvalue weighted by Gasteiger charge is 2.14. The number of benzene rings is 1. The first-order chi connectivity index (χ1) is 13.4. The first kappa shape index (κ1) is 20.5. The van der Waals surface area contributed by atoms with E-state index in [9.17, 15) is 4.79 Å². The minimum atomic E-state index is -0.152. The average molecular weight is 419 g/mol. The molecule has 0 fully saturated rings. The summed E-state index contributed by atoms with van der Waals surface area (Å²) in [5, 5.41) is 5.40. The van der Waals surface area contributed by atoms with E-state index in [-0.39, 0.29) is 5.91 Å². The number of ether oxygens (including phenoxy) is 1. The number of likely N-dealkylation sites (N-methyl/N-ethyl adjacent to an activating group) is 1. The van der Waals surface area contributed by atoms with E-state index in [0.717, 1.165) is 27.8 Å². The van der Waals surface area contributed by atoms with Crippen molar-refractivity contribution in [3.63, 3.8) is 0 Å². The van der Waals surface area contributed by atoms with Gasteiger partial charge in [-0.05, 0) is 43.2 Å². The van der Waals surface area contributed by atoms with Crippen molar-refractivity contribution in [1.29, 1.82) is 0 Å². The lowest BCUT2D eigenvalue weighted by molar-refractivity contribution is 0.0955. The Bertz CT molecular complexity index is 974. The Morgan fingerprint density at radius 3 is 2.93 bits per heavy atom. The molecule has 1 aromatic carbocycles. The highest BCUT2D eigenvalue weighted by molar-refractivity contribution is 7.14. The molecule has 0 saturated heterocycles. The quantitative estimate of drug-likeness (QED) is 0.547. The maximum atomic E-state index is 12.5. The SMILES string of the molecule is CN(C)CCOCc1sc(C(=O)NCc2ccc3c(N)nccc3c2)cc1Cl. The van der Waals surface area contributed by atoms with Crippen LogP contribution in [-0.2, 0) is 17.9 Å². The predicted octanol–water partition coefficient (Wildman–Crippen LogP) is 3.54. The summed E-state index contributed by atoms with van der Waals surface area (Å²) >= 11 is 7.61. The minimum Gasteiger partial charge on any atom is -0.383 e. The Morgan fingerprint density at radius 1 is 1.32 bits per heavy atom. The number of anilines is 1. The maximum Gasteiger partial charge on any atom is 0.261 e. The summed E-state index contributed by atoms with van der Waals surface area (Å²) in [6.45, 7) is 2.28. The van der Waals surface area contributed by atoms with Gasteiger partial charge in [0.2, 0.25) is 0 Å². The number of halogens is 1. The van der Waals surface area contributed by atoms with Gasteiger partial charge in [-0.25, -0.2) is 4.98 Å². The molecule has 0 bridgehead atoms. The van der Waals surface area contributed by atoms with Crippen molar-refractivity contribution in [2.75, 3.05) is 33.0 Å². The third-order valence-corrected chi connectivity index (χ3v) is 5.77. The number of hydrogen-bond acceptors (Lipinski definition) is 6. The van der Waals surface area contributed by atoms with E-state index in [4.69, 9.17) is 22.1 Å². The molecule has 3 N–H and O–H groups in total. The number of carbonyl (C=O) groups is 1. The first-order valence-corrected chi connectivity index (χ1v) is 10.1. The largest absolute Gasteiger partial charge is 0.383 e. The summed E-state index contributed by atoms with van der Waals surface area (Å²) in [5.74, 6) is 0.349. The molecule has 28 heavy (non-hydrogen) atoms. The van der Waals surface area contributed by atoms with Crippen molar-refractivity contribution in [3.05, 3.63) is 56.9 Å². The number of nitrogen functional groups attached to an aromatic ring is 1. The van der Waals surface area contributed by atoms with E-state index in [2.05, 4.69) is 10.3 Å². The van der Waals surface area contributed by atoms with Gasteiger partial charge in [0.05, 0.1) is 23.1 Å². The summed E-state index contributed by atoms with van der Waals surface area (Å²) in [6, 6.07) is 9.45. The minimum absolute atomic E-state index is 0.152. The molecule has 0 atom stereocenters. The fourth-order valence-corrected chi connectivity index (χ4v) is 3.91. The molecule has 0 unspecified atom stereocenters. The summed E-state index contributed by atoms with van der Waals surface area (Å²) in [6.07, 6.45) is 1.68. The van der Waals surface area contributed by atoms with Crippen LogP contribution in [0.3, 0.4) is 0 Å². The van der Waals surface area contributed by atoms with Gasteiger partial charge in [-0.2, -0.15) is 0 Å². The number of hydrogen-bond donors (Lipinski definition) is 2. The molecule has 3 rings (SSSR count). The smallest absolute Gasteiger partial charge is 0.261 e. The van der Waals surface area contributed by atoms with Crippen LogP contribution >= 0.6 is 22.9 Å². The number of fused-ring (bicyclic) bond motifs is 1. The van der Waals surface area contributed by atoms with Gasteiger partial charge < -0.3 is 20.7 Å². The number of thiophene rings is 1. The van der Waals surface area contributed by atoms with Crippen LogP contribution in [0, 0.1) is 0 Å². The van der Waals surface area contributed by atoms with Crippen LogP contribution in [0.2, 0.25) is 5.02 Å². The topological polar surface area (TPSA) is 80.5 Å². The monoisotopic (exact) mass is 418 g/mol. The Kier molecular flexibility index (Phi) is 6.85. The highest BCUT2D eigenvalue weighted by Crippen LogP contribution is 2.28. The van der Waals surface area contributed by atoms with Crippen LogP contribution in [0.4, 0.5) is 5.82 Å². The molecule has 2 heterocycles. The molecule has 8 heteroatoms. The number of nitrogens with one attached hydrogen (secondary N) is 1. The predicted molar refractivity (Wildman–Crippen MR) is 115 cm³/mol. The fourth-order valence-electron chi connectivity index (χ4n) is 2.66. The molecule has 2 aromatic heterocycles. The van der Waals surface area contributed by atoms with E-state index >= 15 is 0 Å². The van der Waals surface area contributed by atoms with Crippen molar-refractivity contribution in [1.82, 2.24) is 15.2 Å². The lowest BCUT2D eigenvalue weighted by Crippen LogP contribution is -2.21. The standard InChI is InChI=1S/C20H23ClN4O2S/c1-25(2)7-8-27-12-18-16(21)10-17(28-18)20(26)24-11-13-3-4-15-14(9-13)5-6-23-19(15)22/h3-6,9-10H,7-8,11-12H2,1-2H3,(H2,22,23)(H,24,26). The van der Waals surface area contributed by atoms with E-state index < -0.39 is 0 Å². The lowest BCUT2D eigenvalue weighted by Gasteiger charge is -2.09. The lowest BCUT2D eigenvalue weighted by atomic mass is 10.1. The van der Waals surface area contributed by atoms with Gasteiger partial charge >= 0.3 is 0 Å². The van der Waals surface area contributed by atoms with Gasteiger partial charge in [0.15, 0.2) is 0 Å². The van der Waals surface area contributed by atoms with E-state index in [0.29, 0.717) is 35.5 Å². The molecular formula is C20H23ClN4O2S. The van der Waals surface area contributed by atoms with Crippen LogP contribution in [0.15, 0.2) is 36.5 Å². The zero-order chi connectivity index (χ0) is 20.1. The highest BCUT2D eigenvalue weighted by atomic mass is 35.5. The Labute approximate surface area is 173 Å². The number of rotatable bonds is 8. The van der Waals surface area contributed by atoms with E-state index in [1.165, 1.54) is 11.3 Å². The number of carbonyl (C=O) groups excluding carboxylic acids is 1. The molecule has 0 saturated carbocycles. The Hall–Kier alpha value is -2.19. The van der Waals surface area contributed by atoms with Gasteiger partial charge in [-0.1, -0.05) is 23.7 Å². The Balaban J connectivity index is 1.58. The third-order valence-electron chi connectivity index (χ3n) is 4.21. The first-order valence-electron chi connectivity index (χ1n) is 8.86. The van der Waals surface area contributed by atoms with Crippen molar-refractivity contribution in [2.45, 2.75) is 13.2 Å². The molecule has 0 radical (unpaired) electrons. The van der Waals surface area contributed by atoms with Gasteiger partial charge in [-0.3, -0.25) is 4.79 Å². The van der Waals surface area contributed by atoms with Crippen molar-refractivity contribution >= 4 is 45.4 Å². The van der Waals surface area contributed by atoms with Crippen LogP contribution in [0.1, 0.15) is 20.1 Å². The van der Waals surface area contributed by atoms with Gasteiger partial charge in [-0.15, -0.1) is 11.3 Å². The van der Waals surface area contributed by atoms with Crippen LogP contribution in [0.25, 0.3) is 10.8 Å². The van der Waals surface area contributed by atoms with Crippen LogP contribution in [0.5, 0.6) is 0 Å². The second-order valence-corrected chi connectivity index (χ2v) is 8.22. The normalized spacial score (nSPS) is 11.3. The summed E-state index contributed by atoms with van der Waals surface area (Å²) in [4.78, 5) is 20.0. The maximum absolute atomic E-state index is 12.5. The summed E-state index contributed by atoms with van der Waals surface area (Å²) < 4.78 is 5.62. The third kappa shape index (κ3) is 5.20. The van der Waals surface area contributed by atoms with Crippen LogP contribution < -0.4 is 11.1 Å². The van der Waals surface area contributed by atoms with Crippen molar-refractivity contribution in [3.8, 4) is 0 Å². The average Bonchev–Trinajstić information content (AvgIpc) is 3.04. The Morgan fingerprint density at radius 2 is 2.14 bits per heavy atom. The number of aromatic nitrogens is 1. The molecule has 0 spiro atoms. The number of nitrogens with two attached hydrogens (primary N) is 1. The molecule has 6 nitrogen and oxygen atoms in total. The molecule has 0 aliphatic carbocycles. The molecule has 0 aliphatic heterocycles. The number of pyridine rings is 1. The van der Waals surface area contributed by atoms with Crippen molar-refractivity contribution < 1.29 is 9.53 Å². The number of amides is 1. The van der Waals surface area contributed by atoms with E-state index in [1.54, 1.807) is 12.3 Å². The fraction of sp³-hybridized carbons (Fsp3) is 0.300. The van der Waals surface area contributed by atoms with Crippen LogP contribution in [-0.4, -0.2) is 43.0 Å². The van der Waals surface area contributed by atoms with Gasteiger partial charge in [0, 0.05) is 29.5 Å². The summed E-state index contributed by atoms with van der Waals surface area (Å²) in [7, 11) is 3.98. The summed E-state index contributed by atoms with van der Waals surface area (Å²) in [5.41, 5.74) is 6.86. The second kappa shape index (κ2) is 9.34. The van der Waals surface area contributed by atoms with Gasteiger partial charge in [0.1, 0.15) is 5.82 Å². The molecule has 148 valence electrons. The molecule has 0 aliphatic rings. The second-order valence-electron chi connectivity index (χ2n) is 6.67. The van der Waals surface area contributed by atoms with Gasteiger partial charge in [0.25, 0.3) is 5.91 Å².